The van der Waals surface area contributed by atoms with Crippen LogP contribution in [0.1, 0.15) is 27.2 Å². The van der Waals surface area contributed by atoms with Gasteiger partial charge in [-0.2, -0.15) is 0 Å². The average molecular weight is 348 g/mol. The number of piperazine rings is 1. The standard InChI is InChI=1S/C19H32N4O2/c1-19(2,3)21-10-6-9-20-18(25)15-22-11-13-23(14-12-22)16-7-4-5-8-17(16)24/h4-5,7-8,21,24H,6,9-15H2,1-3H3,(H,20,25). The molecule has 6 nitrogen and oxygen atoms in total. The third-order valence-electron chi connectivity index (χ3n) is 4.29. The van der Waals surface area contributed by atoms with Crippen molar-refractivity contribution in [3.05, 3.63) is 24.3 Å². The van der Waals surface area contributed by atoms with Crippen molar-refractivity contribution < 1.29 is 9.90 Å². The molecule has 0 bridgehead atoms. The SMILES string of the molecule is CC(C)(C)NCCCNC(=O)CN1CCN(c2ccccc2O)CC1. The third kappa shape index (κ3) is 6.92. The van der Waals surface area contributed by atoms with Gasteiger partial charge in [0.1, 0.15) is 5.75 Å². The zero-order valence-electron chi connectivity index (χ0n) is 15.7. The van der Waals surface area contributed by atoms with Crippen molar-refractivity contribution in [3.8, 4) is 5.75 Å². The molecule has 0 atom stereocenters. The van der Waals surface area contributed by atoms with Crippen LogP contribution in [0.2, 0.25) is 0 Å². The summed E-state index contributed by atoms with van der Waals surface area (Å²) < 4.78 is 0. The quantitative estimate of drug-likeness (QED) is 0.650. The number of hydrogen-bond acceptors (Lipinski definition) is 5. The van der Waals surface area contributed by atoms with Gasteiger partial charge >= 0.3 is 0 Å². The molecule has 3 N–H and O–H groups in total. The maximum atomic E-state index is 12.1. The normalized spacial score (nSPS) is 16.0. The van der Waals surface area contributed by atoms with Crippen LogP contribution in [0.3, 0.4) is 0 Å². The van der Waals surface area contributed by atoms with Gasteiger partial charge in [-0.15, -0.1) is 0 Å². The average Bonchev–Trinajstić information content (AvgIpc) is 2.55. The number of aromatic hydroxyl groups is 1. The van der Waals surface area contributed by atoms with Crippen molar-refractivity contribution in [1.82, 2.24) is 15.5 Å². The van der Waals surface area contributed by atoms with Gasteiger partial charge in [0.25, 0.3) is 0 Å². The molecule has 0 aromatic heterocycles. The number of hydrogen-bond donors (Lipinski definition) is 3. The number of anilines is 1. The zero-order chi connectivity index (χ0) is 18.3. The van der Waals surface area contributed by atoms with E-state index in [2.05, 4.69) is 41.2 Å². The summed E-state index contributed by atoms with van der Waals surface area (Å²) >= 11 is 0. The van der Waals surface area contributed by atoms with Crippen molar-refractivity contribution in [1.29, 1.82) is 0 Å². The molecule has 25 heavy (non-hydrogen) atoms. The molecule has 1 heterocycles. The number of carbonyl (C=O) groups is 1. The predicted octanol–water partition coefficient (Wildman–Crippen LogP) is 1.41. The lowest BCUT2D eigenvalue weighted by Crippen LogP contribution is -2.49. The smallest absolute Gasteiger partial charge is 0.234 e. The van der Waals surface area contributed by atoms with Gasteiger partial charge in [-0.1, -0.05) is 12.1 Å². The summed E-state index contributed by atoms with van der Waals surface area (Å²) in [5.41, 5.74) is 0.995. The molecule has 1 saturated heterocycles. The van der Waals surface area contributed by atoms with E-state index in [0.29, 0.717) is 18.8 Å². The maximum Gasteiger partial charge on any atom is 0.234 e. The van der Waals surface area contributed by atoms with E-state index in [1.807, 2.05) is 18.2 Å². The molecular weight excluding hydrogens is 316 g/mol. The fourth-order valence-corrected chi connectivity index (χ4v) is 2.92. The summed E-state index contributed by atoms with van der Waals surface area (Å²) in [5.74, 6) is 0.407. The van der Waals surface area contributed by atoms with E-state index < -0.39 is 0 Å². The zero-order valence-corrected chi connectivity index (χ0v) is 15.7. The molecule has 140 valence electrons. The molecule has 1 amide bonds. The van der Waals surface area contributed by atoms with Gasteiger partial charge in [0.15, 0.2) is 0 Å². The highest BCUT2D eigenvalue weighted by molar-refractivity contribution is 5.78. The van der Waals surface area contributed by atoms with Crippen molar-refractivity contribution in [2.24, 2.45) is 0 Å². The van der Waals surface area contributed by atoms with Gasteiger partial charge in [-0.05, 0) is 45.9 Å². The second-order valence-corrected chi connectivity index (χ2v) is 7.63. The Kier molecular flexibility index (Phi) is 7.08. The van der Waals surface area contributed by atoms with Crippen LogP contribution in [-0.2, 0) is 4.79 Å². The molecule has 1 aliphatic rings. The van der Waals surface area contributed by atoms with Gasteiger partial charge < -0.3 is 20.6 Å². The molecule has 2 rings (SSSR count). The second kappa shape index (κ2) is 9.06. The van der Waals surface area contributed by atoms with E-state index in [-0.39, 0.29) is 11.4 Å². The molecule has 1 aliphatic heterocycles. The number of phenolic OH excluding ortho intramolecular Hbond substituents is 1. The number of amides is 1. The first-order chi connectivity index (χ1) is 11.8. The number of benzene rings is 1. The van der Waals surface area contributed by atoms with E-state index in [9.17, 15) is 9.90 Å². The molecule has 6 heteroatoms. The van der Waals surface area contributed by atoms with Gasteiger partial charge in [0.2, 0.25) is 5.91 Å². The first-order valence-electron chi connectivity index (χ1n) is 9.12. The molecule has 0 saturated carbocycles. The Morgan fingerprint density at radius 1 is 1.12 bits per heavy atom. The minimum atomic E-state index is 0.0896. The van der Waals surface area contributed by atoms with Crippen LogP contribution < -0.4 is 15.5 Å². The van der Waals surface area contributed by atoms with Crippen LogP contribution in [0.4, 0.5) is 5.69 Å². The van der Waals surface area contributed by atoms with Crippen LogP contribution in [0.5, 0.6) is 5.75 Å². The van der Waals surface area contributed by atoms with Crippen LogP contribution in [0.25, 0.3) is 0 Å². The van der Waals surface area contributed by atoms with Gasteiger partial charge in [0.05, 0.1) is 12.2 Å². The first kappa shape index (κ1) is 19.5. The minimum absolute atomic E-state index is 0.0896. The molecule has 0 spiro atoms. The Morgan fingerprint density at radius 3 is 2.44 bits per heavy atom. The summed E-state index contributed by atoms with van der Waals surface area (Å²) in [7, 11) is 0. The third-order valence-corrected chi connectivity index (χ3v) is 4.29. The van der Waals surface area contributed by atoms with Crippen LogP contribution in [0, 0.1) is 0 Å². The monoisotopic (exact) mass is 348 g/mol. The summed E-state index contributed by atoms with van der Waals surface area (Å²) in [6.45, 7) is 11.8. The van der Waals surface area contributed by atoms with Crippen molar-refractivity contribution >= 4 is 11.6 Å². The predicted molar refractivity (Wildman–Crippen MR) is 102 cm³/mol. The molecule has 1 aromatic carbocycles. The van der Waals surface area contributed by atoms with E-state index in [1.165, 1.54) is 0 Å². The number of phenols is 1. The number of rotatable bonds is 7. The Balaban J connectivity index is 1.63. The minimum Gasteiger partial charge on any atom is -0.506 e. The van der Waals surface area contributed by atoms with E-state index in [0.717, 1.165) is 44.8 Å². The first-order valence-corrected chi connectivity index (χ1v) is 9.12. The number of carbonyl (C=O) groups excluding carboxylic acids is 1. The fraction of sp³-hybridized carbons (Fsp3) is 0.632. The van der Waals surface area contributed by atoms with Crippen molar-refractivity contribution in [3.63, 3.8) is 0 Å². The Hall–Kier alpha value is -1.79. The van der Waals surface area contributed by atoms with E-state index in [4.69, 9.17) is 0 Å². The van der Waals surface area contributed by atoms with Gasteiger partial charge in [-0.3, -0.25) is 9.69 Å². The highest BCUT2D eigenvalue weighted by Gasteiger charge is 2.20. The number of para-hydroxylation sites is 2. The highest BCUT2D eigenvalue weighted by atomic mass is 16.3. The fourth-order valence-electron chi connectivity index (χ4n) is 2.92. The summed E-state index contributed by atoms with van der Waals surface area (Å²) in [6, 6.07) is 7.41. The van der Waals surface area contributed by atoms with Crippen molar-refractivity contribution in [2.45, 2.75) is 32.7 Å². The number of nitrogens with zero attached hydrogens (tertiary/aromatic N) is 2. The van der Waals surface area contributed by atoms with Crippen molar-refractivity contribution in [2.75, 3.05) is 50.7 Å². The van der Waals surface area contributed by atoms with Crippen LogP contribution >= 0.6 is 0 Å². The topological polar surface area (TPSA) is 67.8 Å². The summed E-state index contributed by atoms with van der Waals surface area (Å²) in [4.78, 5) is 16.4. The Morgan fingerprint density at radius 2 is 1.80 bits per heavy atom. The maximum absolute atomic E-state index is 12.1. The van der Waals surface area contributed by atoms with E-state index >= 15 is 0 Å². The molecule has 0 unspecified atom stereocenters. The van der Waals surface area contributed by atoms with Gasteiger partial charge in [0, 0.05) is 38.3 Å². The van der Waals surface area contributed by atoms with Crippen LogP contribution in [-0.4, -0.2) is 67.3 Å². The Labute approximate surface area is 151 Å². The van der Waals surface area contributed by atoms with Crippen LogP contribution in [0.15, 0.2) is 24.3 Å². The molecule has 1 fully saturated rings. The Bertz CT molecular complexity index is 549. The molecule has 0 aliphatic carbocycles. The summed E-state index contributed by atoms with van der Waals surface area (Å²) in [6.07, 6.45) is 0.935. The molecular formula is C19H32N4O2. The summed E-state index contributed by atoms with van der Waals surface area (Å²) in [5, 5.41) is 16.3. The largest absolute Gasteiger partial charge is 0.506 e. The van der Waals surface area contributed by atoms with Gasteiger partial charge in [-0.25, -0.2) is 0 Å². The lowest BCUT2D eigenvalue weighted by molar-refractivity contribution is -0.122. The molecule has 0 radical (unpaired) electrons. The second-order valence-electron chi connectivity index (χ2n) is 7.63. The lowest BCUT2D eigenvalue weighted by atomic mass is 10.1. The molecule has 1 aromatic rings. The lowest BCUT2D eigenvalue weighted by Gasteiger charge is -2.35. The number of nitrogens with one attached hydrogen (secondary N) is 2. The van der Waals surface area contributed by atoms with E-state index in [1.54, 1.807) is 6.07 Å². The highest BCUT2D eigenvalue weighted by Crippen LogP contribution is 2.27.